The molecule has 2 heterocycles. The zero-order valence-corrected chi connectivity index (χ0v) is 13.7. The van der Waals surface area contributed by atoms with Crippen molar-refractivity contribution >= 4 is 27.3 Å². The Morgan fingerprint density at radius 3 is 2.70 bits per heavy atom. The quantitative estimate of drug-likeness (QED) is 0.918. The third kappa shape index (κ3) is 2.43. The van der Waals surface area contributed by atoms with Crippen LogP contribution in [-0.4, -0.2) is 25.7 Å². The molecule has 0 aliphatic carbocycles. The summed E-state index contributed by atoms with van der Waals surface area (Å²) in [6.07, 6.45) is 0.997. The molecule has 0 saturated heterocycles. The smallest absolute Gasteiger partial charge is 0.161 e. The van der Waals surface area contributed by atoms with Gasteiger partial charge in [-0.2, -0.15) is 0 Å². The van der Waals surface area contributed by atoms with E-state index in [2.05, 4.69) is 21.2 Å². The minimum atomic E-state index is 0.714. The molecule has 1 aliphatic rings. The van der Waals surface area contributed by atoms with Crippen LogP contribution in [0.25, 0.3) is 10.6 Å². The number of hydrogen-bond acceptors (Lipinski definition) is 5. The average Bonchev–Trinajstić information content (AvgIpc) is 2.90. The van der Waals surface area contributed by atoms with Crippen LogP contribution in [0.3, 0.4) is 0 Å². The van der Waals surface area contributed by atoms with Gasteiger partial charge in [0.25, 0.3) is 0 Å². The van der Waals surface area contributed by atoms with Gasteiger partial charge in [-0.05, 0) is 28.1 Å². The minimum absolute atomic E-state index is 0.714. The van der Waals surface area contributed by atoms with E-state index in [1.807, 2.05) is 12.1 Å². The van der Waals surface area contributed by atoms with Crippen LogP contribution in [0.5, 0.6) is 11.5 Å². The van der Waals surface area contributed by atoms with Gasteiger partial charge in [-0.1, -0.05) is 0 Å². The Bertz CT molecular complexity index is 619. The maximum absolute atomic E-state index is 5.37. The highest BCUT2D eigenvalue weighted by atomic mass is 79.9. The third-order valence-corrected chi connectivity index (χ3v) is 5.09. The largest absolute Gasteiger partial charge is 0.493 e. The SMILES string of the molecule is COc1cc(Br)c(-c2nc3c(s2)CNCC3)cc1OC. The van der Waals surface area contributed by atoms with Crippen molar-refractivity contribution in [3.8, 4) is 22.1 Å². The van der Waals surface area contributed by atoms with E-state index in [0.717, 1.165) is 40.3 Å². The lowest BCUT2D eigenvalue weighted by atomic mass is 10.2. The normalized spacial score (nSPS) is 13.9. The molecule has 0 unspecified atom stereocenters. The van der Waals surface area contributed by atoms with Gasteiger partial charge in [-0.25, -0.2) is 4.98 Å². The van der Waals surface area contributed by atoms with Crippen LogP contribution in [0.1, 0.15) is 10.6 Å². The molecule has 1 aliphatic heterocycles. The first-order valence-corrected chi connectivity index (χ1v) is 7.95. The van der Waals surface area contributed by atoms with Crippen LogP contribution in [0.15, 0.2) is 16.6 Å². The molecule has 0 atom stereocenters. The van der Waals surface area contributed by atoms with Crippen molar-refractivity contribution < 1.29 is 9.47 Å². The number of halogens is 1. The first-order chi connectivity index (χ1) is 9.72. The molecule has 1 N–H and O–H groups in total. The van der Waals surface area contributed by atoms with Crippen molar-refractivity contribution in [2.45, 2.75) is 13.0 Å². The summed E-state index contributed by atoms with van der Waals surface area (Å²) in [6, 6.07) is 3.90. The van der Waals surface area contributed by atoms with E-state index in [1.165, 1.54) is 10.6 Å². The van der Waals surface area contributed by atoms with Crippen molar-refractivity contribution in [2.75, 3.05) is 20.8 Å². The fourth-order valence-electron chi connectivity index (χ4n) is 2.26. The molecule has 0 spiro atoms. The molecule has 0 fully saturated rings. The molecule has 1 aromatic heterocycles. The number of fused-ring (bicyclic) bond motifs is 1. The van der Waals surface area contributed by atoms with E-state index < -0.39 is 0 Å². The first-order valence-electron chi connectivity index (χ1n) is 6.34. The summed E-state index contributed by atoms with van der Waals surface area (Å²) >= 11 is 5.33. The summed E-state index contributed by atoms with van der Waals surface area (Å²) in [5.41, 5.74) is 2.26. The summed E-state index contributed by atoms with van der Waals surface area (Å²) in [5, 5.41) is 4.40. The zero-order chi connectivity index (χ0) is 14.1. The Hall–Kier alpha value is -1.11. The first kappa shape index (κ1) is 13.9. The van der Waals surface area contributed by atoms with Crippen molar-refractivity contribution in [1.82, 2.24) is 10.3 Å². The Morgan fingerprint density at radius 2 is 2.00 bits per heavy atom. The molecule has 20 heavy (non-hydrogen) atoms. The van der Waals surface area contributed by atoms with E-state index in [1.54, 1.807) is 25.6 Å². The van der Waals surface area contributed by atoms with Gasteiger partial charge >= 0.3 is 0 Å². The van der Waals surface area contributed by atoms with Gasteiger partial charge in [0.15, 0.2) is 11.5 Å². The Labute approximate surface area is 130 Å². The van der Waals surface area contributed by atoms with Gasteiger partial charge < -0.3 is 14.8 Å². The number of nitrogens with zero attached hydrogens (tertiary/aromatic N) is 1. The minimum Gasteiger partial charge on any atom is -0.493 e. The van der Waals surface area contributed by atoms with E-state index in [4.69, 9.17) is 14.5 Å². The van der Waals surface area contributed by atoms with Gasteiger partial charge in [0.05, 0.1) is 19.9 Å². The van der Waals surface area contributed by atoms with Crippen molar-refractivity contribution in [1.29, 1.82) is 0 Å². The molecule has 6 heteroatoms. The number of nitrogens with one attached hydrogen (secondary N) is 1. The lowest BCUT2D eigenvalue weighted by molar-refractivity contribution is 0.355. The predicted octanol–water partition coefficient (Wildman–Crippen LogP) is 3.24. The average molecular weight is 355 g/mol. The van der Waals surface area contributed by atoms with Gasteiger partial charge in [0.1, 0.15) is 5.01 Å². The Kier molecular flexibility index (Phi) is 3.96. The summed E-state index contributed by atoms with van der Waals surface area (Å²) in [4.78, 5) is 6.09. The summed E-state index contributed by atoms with van der Waals surface area (Å²) in [7, 11) is 3.28. The number of ether oxygens (including phenoxy) is 2. The van der Waals surface area contributed by atoms with Gasteiger partial charge in [-0.15, -0.1) is 11.3 Å². The summed E-state index contributed by atoms with van der Waals surface area (Å²) < 4.78 is 11.6. The third-order valence-electron chi connectivity index (χ3n) is 3.31. The number of hydrogen-bond donors (Lipinski definition) is 1. The fraction of sp³-hybridized carbons (Fsp3) is 0.357. The molecule has 0 saturated carbocycles. The van der Waals surface area contributed by atoms with Crippen molar-refractivity contribution in [2.24, 2.45) is 0 Å². The van der Waals surface area contributed by atoms with Crippen LogP contribution in [0, 0.1) is 0 Å². The molecule has 0 bridgehead atoms. The maximum Gasteiger partial charge on any atom is 0.161 e. The number of aromatic nitrogens is 1. The molecule has 106 valence electrons. The van der Waals surface area contributed by atoms with E-state index in [-0.39, 0.29) is 0 Å². The summed E-state index contributed by atoms with van der Waals surface area (Å²) in [6.45, 7) is 1.92. The number of benzene rings is 1. The van der Waals surface area contributed by atoms with Crippen LogP contribution < -0.4 is 14.8 Å². The molecule has 1 aromatic carbocycles. The fourth-order valence-corrected chi connectivity index (χ4v) is 4.01. The lowest BCUT2D eigenvalue weighted by Gasteiger charge is -2.10. The van der Waals surface area contributed by atoms with Crippen molar-refractivity contribution in [3.63, 3.8) is 0 Å². The van der Waals surface area contributed by atoms with Crippen LogP contribution in [-0.2, 0) is 13.0 Å². The predicted molar refractivity (Wildman–Crippen MR) is 83.8 cm³/mol. The zero-order valence-electron chi connectivity index (χ0n) is 11.3. The number of rotatable bonds is 3. The molecule has 0 amide bonds. The molecule has 0 radical (unpaired) electrons. The van der Waals surface area contributed by atoms with Crippen LogP contribution in [0.4, 0.5) is 0 Å². The van der Waals surface area contributed by atoms with Crippen molar-refractivity contribution in [3.05, 3.63) is 27.2 Å². The molecule has 4 nitrogen and oxygen atoms in total. The lowest BCUT2D eigenvalue weighted by Crippen LogP contribution is -2.22. The van der Waals surface area contributed by atoms with Crippen LogP contribution in [0.2, 0.25) is 0 Å². The molecule has 3 rings (SSSR count). The van der Waals surface area contributed by atoms with Gasteiger partial charge in [0.2, 0.25) is 0 Å². The highest BCUT2D eigenvalue weighted by Gasteiger charge is 2.18. The van der Waals surface area contributed by atoms with E-state index in [9.17, 15) is 0 Å². The highest BCUT2D eigenvalue weighted by Crippen LogP contribution is 2.40. The monoisotopic (exact) mass is 354 g/mol. The molecular weight excluding hydrogens is 340 g/mol. The number of thiazole rings is 1. The Balaban J connectivity index is 2.07. The number of methoxy groups -OCH3 is 2. The standard InChI is InChI=1S/C14H15BrN2O2S/c1-18-11-5-8(9(15)6-12(11)19-2)14-17-10-3-4-16-7-13(10)20-14/h5-6,16H,3-4,7H2,1-2H3. The highest BCUT2D eigenvalue weighted by molar-refractivity contribution is 9.10. The summed E-state index contributed by atoms with van der Waals surface area (Å²) in [5.74, 6) is 1.43. The van der Waals surface area contributed by atoms with E-state index in [0.29, 0.717) is 5.75 Å². The second-order valence-electron chi connectivity index (χ2n) is 4.50. The molecular formula is C14H15BrN2O2S. The second-order valence-corrected chi connectivity index (χ2v) is 6.44. The molecule has 2 aromatic rings. The van der Waals surface area contributed by atoms with Gasteiger partial charge in [-0.3, -0.25) is 0 Å². The van der Waals surface area contributed by atoms with Gasteiger partial charge in [0, 0.05) is 34.4 Å². The van der Waals surface area contributed by atoms with Crippen LogP contribution >= 0.6 is 27.3 Å². The topological polar surface area (TPSA) is 43.4 Å². The Morgan fingerprint density at radius 1 is 1.25 bits per heavy atom. The maximum atomic E-state index is 5.37. The second kappa shape index (κ2) is 5.71. The van der Waals surface area contributed by atoms with E-state index >= 15 is 0 Å².